The van der Waals surface area contributed by atoms with E-state index in [9.17, 15) is 4.79 Å². The topological polar surface area (TPSA) is 64.2 Å². The second kappa shape index (κ2) is 5.07. The summed E-state index contributed by atoms with van der Waals surface area (Å²) in [6.45, 7) is 6.38. The summed E-state index contributed by atoms with van der Waals surface area (Å²) in [5.74, 6) is 0.563. The van der Waals surface area contributed by atoms with Gasteiger partial charge >= 0.3 is 0 Å². The van der Waals surface area contributed by atoms with Crippen LogP contribution in [-0.4, -0.2) is 25.1 Å². The maximum absolute atomic E-state index is 12.3. The highest BCUT2D eigenvalue weighted by atomic mass is 35.5. The van der Waals surface area contributed by atoms with Crippen LogP contribution in [0.1, 0.15) is 50.1 Å². The molecule has 0 radical (unpaired) electrons. The smallest absolute Gasteiger partial charge is 0.226 e. The molecule has 1 atom stereocenters. The van der Waals surface area contributed by atoms with Crippen LogP contribution < -0.4 is 5.32 Å². The van der Waals surface area contributed by atoms with Crippen LogP contribution in [0.3, 0.4) is 0 Å². The molecular weight excluding hydrogens is 346 g/mol. The third kappa shape index (κ3) is 2.18. The SMILES string of the molecule is Cn1nc(C(C)(C)C)c2c1NC(=O)CC2c1c(Cl)nc2sccn12. The number of aryl methyl sites for hydroxylation is 1. The molecule has 4 rings (SSSR count). The highest BCUT2D eigenvalue weighted by molar-refractivity contribution is 7.15. The molecule has 8 heteroatoms. The molecule has 0 saturated carbocycles. The number of nitrogens with zero attached hydrogens (tertiary/aromatic N) is 4. The predicted molar refractivity (Wildman–Crippen MR) is 95.1 cm³/mol. The minimum Gasteiger partial charge on any atom is -0.311 e. The van der Waals surface area contributed by atoms with E-state index in [1.807, 2.05) is 23.0 Å². The summed E-state index contributed by atoms with van der Waals surface area (Å²) >= 11 is 7.98. The second-order valence-corrected chi connectivity index (χ2v) is 8.36. The monoisotopic (exact) mass is 363 g/mol. The van der Waals surface area contributed by atoms with Crippen molar-refractivity contribution in [2.24, 2.45) is 7.05 Å². The maximum atomic E-state index is 12.3. The summed E-state index contributed by atoms with van der Waals surface area (Å²) in [7, 11) is 1.86. The minimum absolute atomic E-state index is 0.0304. The molecular formula is C16H18ClN5OS. The van der Waals surface area contributed by atoms with Gasteiger partial charge in [-0.15, -0.1) is 11.3 Å². The Morgan fingerprint density at radius 1 is 1.42 bits per heavy atom. The van der Waals surface area contributed by atoms with E-state index >= 15 is 0 Å². The molecule has 1 aliphatic heterocycles. The molecule has 0 bridgehead atoms. The Kier molecular flexibility index (Phi) is 3.30. The Morgan fingerprint density at radius 2 is 2.17 bits per heavy atom. The van der Waals surface area contributed by atoms with Crippen LogP contribution in [0.25, 0.3) is 4.96 Å². The summed E-state index contributed by atoms with van der Waals surface area (Å²) in [6.07, 6.45) is 2.29. The largest absolute Gasteiger partial charge is 0.311 e. The lowest BCUT2D eigenvalue weighted by atomic mass is 9.81. The predicted octanol–water partition coefficient (Wildman–Crippen LogP) is 3.55. The first-order valence-electron chi connectivity index (χ1n) is 7.75. The first-order chi connectivity index (χ1) is 11.3. The third-order valence-electron chi connectivity index (χ3n) is 4.37. The first-order valence-corrected chi connectivity index (χ1v) is 9.01. The lowest BCUT2D eigenvalue weighted by Crippen LogP contribution is -2.27. The van der Waals surface area contributed by atoms with Crippen molar-refractivity contribution < 1.29 is 4.79 Å². The van der Waals surface area contributed by atoms with Crippen LogP contribution >= 0.6 is 22.9 Å². The van der Waals surface area contributed by atoms with Gasteiger partial charge in [0.05, 0.1) is 11.4 Å². The van der Waals surface area contributed by atoms with Gasteiger partial charge in [-0.2, -0.15) is 5.10 Å². The summed E-state index contributed by atoms with van der Waals surface area (Å²) < 4.78 is 3.74. The molecule has 4 heterocycles. The Labute approximate surface area is 148 Å². The van der Waals surface area contributed by atoms with Crippen molar-refractivity contribution in [3.63, 3.8) is 0 Å². The lowest BCUT2D eigenvalue weighted by molar-refractivity contribution is -0.116. The average Bonchev–Trinajstić information content (AvgIpc) is 3.11. The van der Waals surface area contributed by atoms with Gasteiger partial charge in [0.1, 0.15) is 5.82 Å². The number of carbonyl (C=O) groups excluding carboxylic acids is 1. The van der Waals surface area contributed by atoms with Crippen molar-refractivity contribution in [2.75, 3.05) is 5.32 Å². The Bertz CT molecular complexity index is 961. The number of halogens is 1. The van der Waals surface area contributed by atoms with E-state index < -0.39 is 0 Å². The maximum Gasteiger partial charge on any atom is 0.226 e. The van der Waals surface area contributed by atoms with Gasteiger partial charge in [0, 0.05) is 41.9 Å². The van der Waals surface area contributed by atoms with E-state index in [0.717, 1.165) is 27.7 Å². The van der Waals surface area contributed by atoms with E-state index in [1.165, 1.54) is 11.3 Å². The second-order valence-electron chi connectivity index (χ2n) is 7.13. The lowest BCUT2D eigenvalue weighted by Gasteiger charge is -2.26. The van der Waals surface area contributed by atoms with Crippen LogP contribution in [0.5, 0.6) is 0 Å². The standard InChI is InChI=1S/C16H18ClN5OS/c1-16(2,3)12-10-8(7-9(23)18-14(10)21(4)20-12)11-13(17)19-15-22(11)5-6-24-15/h5-6,8H,7H2,1-4H3,(H,18,23). The van der Waals surface area contributed by atoms with Gasteiger partial charge in [0.15, 0.2) is 10.1 Å². The van der Waals surface area contributed by atoms with Crippen LogP contribution in [0, 0.1) is 0 Å². The molecule has 0 aromatic carbocycles. The molecule has 0 spiro atoms. The molecule has 1 unspecified atom stereocenters. The number of anilines is 1. The molecule has 24 heavy (non-hydrogen) atoms. The summed E-state index contributed by atoms with van der Waals surface area (Å²) in [4.78, 5) is 17.6. The molecule has 1 N–H and O–H groups in total. The Hall–Kier alpha value is -1.86. The quantitative estimate of drug-likeness (QED) is 0.719. The van der Waals surface area contributed by atoms with Gasteiger partial charge in [-0.05, 0) is 0 Å². The minimum atomic E-state index is -0.159. The van der Waals surface area contributed by atoms with Gasteiger partial charge in [0.25, 0.3) is 0 Å². The molecule has 3 aromatic heterocycles. The van der Waals surface area contributed by atoms with Gasteiger partial charge < -0.3 is 5.32 Å². The molecule has 0 saturated heterocycles. The number of fused-ring (bicyclic) bond motifs is 2. The van der Waals surface area contributed by atoms with E-state index in [0.29, 0.717) is 11.6 Å². The van der Waals surface area contributed by atoms with Crippen LogP contribution in [0.4, 0.5) is 5.82 Å². The molecule has 126 valence electrons. The van der Waals surface area contributed by atoms with Crippen LogP contribution in [0.2, 0.25) is 5.15 Å². The number of amides is 1. The van der Waals surface area contributed by atoms with Gasteiger partial charge in [-0.3, -0.25) is 13.9 Å². The fourth-order valence-electron chi connectivity index (χ4n) is 3.37. The number of rotatable bonds is 1. The van der Waals surface area contributed by atoms with Crippen molar-refractivity contribution in [1.82, 2.24) is 19.2 Å². The third-order valence-corrected chi connectivity index (χ3v) is 5.41. The summed E-state index contributed by atoms with van der Waals surface area (Å²) in [5.41, 5.74) is 2.74. The molecule has 3 aromatic rings. The fraction of sp³-hybridized carbons (Fsp3) is 0.438. The average molecular weight is 364 g/mol. The van der Waals surface area contributed by atoms with Crippen molar-refractivity contribution in [3.8, 4) is 0 Å². The van der Waals surface area contributed by atoms with Crippen molar-refractivity contribution in [1.29, 1.82) is 0 Å². The van der Waals surface area contributed by atoms with E-state index in [4.69, 9.17) is 11.6 Å². The highest BCUT2D eigenvalue weighted by Gasteiger charge is 2.38. The molecule has 0 aliphatic carbocycles. The number of nitrogens with one attached hydrogen (secondary N) is 1. The summed E-state index contributed by atoms with van der Waals surface area (Å²) in [6, 6.07) is 0. The number of imidazole rings is 1. The van der Waals surface area contributed by atoms with Crippen molar-refractivity contribution in [2.45, 2.75) is 38.5 Å². The number of hydrogen-bond donors (Lipinski definition) is 1. The van der Waals surface area contributed by atoms with Gasteiger partial charge in [-0.1, -0.05) is 32.4 Å². The molecule has 6 nitrogen and oxygen atoms in total. The van der Waals surface area contributed by atoms with Crippen LogP contribution in [-0.2, 0) is 17.3 Å². The number of carbonyl (C=O) groups is 1. The normalized spacial score (nSPS) is 18.0. The van der Waals surface area contributed by atoms with Gasteiger partial charge in [-0.25, -0.2) is 4.98 Å². The molecule has 1 aliphatic rings. The zero-order valence-electron chi connectivity index (χ0n) is 13.9. The van der Waals surface area contributed by atoms with Crippen molar-refractivity contribution in [3.05, 3.63) is 33.7 Å². The first kappa shape index (κ1) is 15.7. The van der Waals surface area contributed by atoms with Gasteiger partial charge in [0.2, 0.25) is 5.91 Å². The zero-order valence-corrected chi connectivity index (χ0v) is 15.5. The molecule has 0 fully saturated rings. The Morgan fingerprint density at radius 3 is 2.88 bits per heavy atom. The zero-order chi connectivity index (χ0) is 17.2. The van der Waals surface area contributed by atoms with E-state index in [-0.39, 0.29) is 17.2 Å². The van der Waals surface area contributed by atoms with E-state index in [1.54, 1.807) is 4.68 Å². The Balaban J connectivity index is 2.01. The van der Waals surface area contributed by atoms with E-state index in [2.05, 4.69) is 36.2 Å². The highest BCUT2D eigenvalue weighted by Crippen LogP contribution is 2.44. The number of aromatic nitrogens is 4. The van der Waals surface area contributed by atoms with Crippen LogP contribution in [0.15, 0.2) is 11.6 Å². The van der Waals surface area contributed by atoms with Crippen molar-refractivity contribution >= 4 is 39.6 Å². The summed E-state index contributed by atoms with van der Waals surface area (Å²) in [5, 5.41) is 10.1. The number of hydrogen-bond acceptors (Lipinski definition) is 4. The number of thiazole rings is 1. The molecule has 1 amide bonds. The fourth-order valence-corrected chi connectivity index (χ4v) is 4.44.